The van der Waals surface area contributed by atoms with Gasteiger partial charge in [-0.1, -0.05) is 42.5 Å². The number of hydrogen-bond donors (Lipinski definition) is 2. The van der Waals surface area contributed by atoms with Crippen molar-refractivity contribution in [3.05, 3.63) is 48.0 Å². The van der Waals surface area contributed by atoms with Gasteiger partial charge in [-0.05, 0) is 37.1 Å². The average molecular weight is 402 g/mol. The van der Waals surface area contributed by atoms with Crippen LogP contribution in [-0.4, -0.2) is 53.5 Å². The van der Waals surface area contributed by atoms with Gasteiger partial charge in [0.2, 0.25) is 5.91 Å². The molecule has 0 aromatic heterocycles. The molecule has 7 heteroatoms. The number of amides is 1. The molecule has 0 fully saturated rings. The second-order valence-electron chi connectivity index (χ2n) is 6.83. The summed E-state index contributed by atoms with van der Waals surface area (Å²) in [6, 6.07) is 12.2. The highest BCUT2D eigenvalue weighted by molar-refractivity contribution is 5.88. The molecule has 2 atom stereocenters. The van der Waals surface area contributed by atoms with Crippen molar-refractivity contribution in [3.8, 4) is 0 Å². The molecule has 2 rings (SSSR count). The van der Waals surface area contributed by atoms with Gasteiger partial charge in [0.05, 0.1) is 18.5 Å². The lowest BCUT2D eigenvalue weighted by molar-refractivity contribution is -0.179. The van der Waals surface area contributed by atoms with Crippen molar-refractivity contribution in [1.82, 2.24) is 4.90 Å². The third-order valence-corrected chi connectivity index (χ3v) is 4.76. The summed E-state index contributed by atoms with van der Waals surface area (Å²) in [5.41, 5.74) is 6.86. The first kappa shape index (κ1) is 22.8. The molecule has 0 saturated carbocycles. The van der Waals surface area contributed by atoms with E-state index in [0.717, 1.165) is 16.3 Å². The highest BCUT2D eigenvalue weighted by Crippen LogP contribution is 2.23. The molecule has 0 bridgehead atoms. The first-order valence-corrected chi connectivity index (χ1v) is 9.86. The van der Waals surface area contributed by atoms with Crippen LogP contribution in [0.4, 0.5) is 0 Å². The van der Waals surface area contributed by atoms with E-state index in [1.807, 2.05) is 63.2 Å². The van der Waals surface area contributed by atoms with E-state index in [9.17, 15) is 9.59 Å². The zero-order chi connectivity index (χ0) is 21.4. The largest absolute Gasteiger partial charge is 0.481 e. The van der Waals surface area contributed by atoms with Crippen LogP contribution in [-0.2, 0) is 25.6 Å². The number of carboxylic acid groups (broad SMARTS) is 1. The van der Waals surface area contributed by atoms with Crippen molar-refractivity contribution >= 4 is 22.6 Å². The number of nitrogens with zero attached hydrogens (tertiary/aromatic N) is 1. The van der Waals surface area contributed by atoms with Crippen molar-refractivity contribution in [1.29, 1.82) is 0 Å². The number of nitrogens with two attached hydrogens (primary N) is 1. The number of ether oxygens (including phenoxy) is 2. The van der Waals surface area contributed by atoms with Crippen LogP contribution < -0.4 is 5.73 Å². The Morgan fingerprint density at radius 3 is 2.31 bits per heavy atom. The summed E-state index contributed by atoms with van der Waals surface area (Å²) in [6.45, 7) is 6.65. The Balaban J connectivity index is 2.39. The predicted octanol–water partition coefficient (Wildman–Crippen LogP) is 2.76. The summed E-state index contributed by atoms with van der Waals surface area (Å²) < 4.78 is 11.4. The number of benzene rings is 2. The lowest BCUT2D eigenvalue weighted by Crippen LogP contribution is -2.52. The average Bonchev–Trinajstić information content (AvgIpc) is 2.70. The Hall–Kier alpha value is -2.48. The van der Waals surface area contributed by atoms with Gasteiger partial charge < -0.3 is 25.2 Å². The molecule has 0 heterocycles. The normalized spacial score (nSPS) is 13.4. The predicted molar refractivity (Wildman–Crippen MR) is 111 cm³/mol. The van der Waals surface area contributed by atoms with Gasteiger partial charge in [0.1, 0.15) is 0 Å². The zero-order valence-electron chi connectivity index (χ0n) is 17.2. The Labute approximate surface area is 171 Å². The summed E-state index contributed by atoms with van der Waals surface area (Å²) in [7, 11) is 0. The van der Waals surface area contributed by atoms with Gasteiger partial charge in [0.25, 0.3) is 0 Å². The second kappa shape index (κ2) is 10.9. The summed E-state index contributed by atoms with van der Waals surface area (Å²) in [5.74, 6) is -1.56. The van der Waals surface area contributed by atoms with E-state index < -0.39 is 36.7 Å². The van der Waals surface area contributed by atoms with Crippen molar-refractivity contribution in [2.45, 2.75) is 52.1 Å². The van der Waals surface area contributed by atoms with Crippen LogP contribution in [0.5, 0.6) is 0 Å². The summed E-state index contributed by atoms with van der Waals surface area (Å²) >= 11 is 0. The Bertz CT molecular complexity index is 814. The Kier molecular flexibility index (Phi) is 8.57. The van der Waals surface area contributed by atoms with E-state index in [4.69, 9.17) is 20.3 Å². The molecule has 0 spiro atoms. The molecular weight excluding hydrogens is 372 g/mol. The number of aliphatic carboxylic acids is 1. The minimum absolute atomic E-state index is 0.269. The van der Waals surface area contributed by atoms with Gasteiger partial charge in [-0.2, -0.15) is 0 Å². The molecule has 7 nitrogen and oxygen atoms in total. The van der Waals surface area contributed by atoms with Gasteiger partial charge >= 0.3 is 5.97 Å². The van der Waals surface area contributed by atoms with E-state index in [1.54, 1.807) is 4.90 Å². The molecule has 158 valence electrons. The number of fused-ring (bicyclic) bond motifs is 1. The first-order chi connectivity index (χ1) is 13.9. The highest BCUT2D eigenvalue weighted by atomic mass is 16.7. The maximum Gasteiger partial charge on any atom is 0.305 e. The maximum atomic E-state index is 13.1. The van der Waals surface area contributed by atoms with Crippen LogP contribution >= 0.6 is 0 Å². The number of rotatable bonds is 11. The quantitative estimate of drug-likeness (QED) is 0.561. The summed E-state index contributed by atoms with van der Waals surface area (Å²) in [4.78, 5) is 25.7. The van der Waals surface area contributed by atoms with E-state index in [-0.39, 0.29) is 6.54 Å². The number of carbonyl (C=O) groups excluding carboxylic acids is 1. The summed E-state index contributed by atoms with van der Waals surface area (Å²) in [5, 5.41) is 11.1. The van der Waals surface area contributed by atoms with E-state index in [0.29, 0.717) is 13.2 Å². The molecule has 29 heavy (non-hydrogen) atoms. The molecule has 0 saturated heterocycles. The minimum atomic E-state index is -1.14. The smallest absolute Gasteiger partial charge is 0.305 e. The summed E-state index contributed by atoms with van der Waals surface area (Å²) in [6.07, 6.45) is -1.08. The SMILES string of the molecule is CCOC(OCC)[C@H](C)N(Cc1cccc2ccccc12)C(=O)C(N)CC(=O)O. The third kappa shape index (κ3) is 6.00. The third-order valence-electron chi connectivity index (χ3n) is 4.76. The molecule has 2 aromatic carbocycles. The molecule has 1 unspecified atom stereocenters. The molecule has 3 N–H and O–H groups in total. The van der Waals surface area contributed by atoms with E-state index in [2.05, 4.69) is 0 Å². The standard InChI is InChI=1S/C22H30N2O5/c1-4-28-22(29-5-2)15(3)24(21(27)19(23)13-20(25)26)14-17-11-8-10-16-9-6-7-12-18(16)17/h6-12,15,19,22H,4-5,13-14,23H2,1-3H3,(H,25,26)/t15-,19?/m0/s1. The van der Waals surface area contributed by atoms with Crippen LogP contribution in [0.2, 0.25) is 0 Å². The van der Waals surface area contributed by atoms with Gasteiger partial charge in [0.15, 0.2) is 6.29 Å². The van der Waals surface area contributed by atoms with Crippen molar-refractivity contribution in [2.75, 3.05) is 13.2 Å². The highest BCUT2D eigenvalue weighted by Gasteiger charge is 2.32. The fraction of sp³-hybridized carbons (Fsp3) is 0.455. The fourth-order valence-corrected chi connectivity index (χ4v) is 3.33. The molecule has 0 aliphatic rings. The van der Waals surface area contributed by atoms with E-state index in [1.165, 1.54) is 0 Å². The first-order valence-electron chi connectivity index (χ1n) is 9.86. The zero-order valence-corrected chi connectivity index (χ0v) is 17.2. The van der Waals surface area contributed by atoms with Crippen LogP contribution in [0.3, 0.4) is 0 Å². The molecular formula is C22H30N2O5. The van der Waals surface area contributed by atoms with Crippen molar-refractivity contribution in [3.63, 3.8) is 0 Å². The van der Waals surface area contributed by atoms with E-state index >= 15 is 0 Å². The van der Waals surface area contributed by atoms with Gasteiger partial charge in [-0.3, -0.25) is 9.59 Å². The van der Waals surface area contributed by atoms with Crippen LogP contribution in [0.1, 0.15) is 32.8 Å². The Morgan fingerprint density at radius 2 is 1.69 bits per heavy atom. The number of carboxylic acids is 1. The number of carbonyl (C=O) groups is 2. The second-order valence-corrected chi connectivity index (χ2v) is 6.83. The number of hydrogen-bond acceptors (Lipinski definition) is 5. The van der Waals surface area contributed by atoms with Gasteiger partial charge in [-0.15, -0.1) is 0 Å². The molecule has 2 aromatic rings. The van der Waals surface area contributed by atoms with Crippen molar-refractivity contribution in [2.24, 2.45) is 5.73 Å². The van der Waals surface area contributed by atoms with Gasteiger partial charge in [0, 0.05) is 19.8 Å². The van der Waals surface area contributed by atoms with Crippen molar-refractivity contribution < 1.29 is 24.2 Å². The lowest BCUT2D eigenvalue weighted by atomic mass is 10.0. The topological polar surface area (TPSA) is 102 Å². The fourth-order valence-electron chi connectivity index (χ4n) is 3.33. The Morgan fingerprint density at radius 1 is 1.07 bits per heavy atom. The van der Waals surface area contributed by atoms with Crippen LogP contribution in [0.15, 0.2) is 42.5 Å². The lowest BCUT2D eigenvalue weighted by Gasteiger charge is -2.35. The molecule has 0 aliphatic heterocycles. The van der Waals surface area contributed by atoms with Crippen LogP contribution in [0.25, 0.3) is 10.8 Å². The minimum Gasteiger partial charge on any atom is -0.481 e. The molecule has 1 amide bonds. The molecule has 0 radical (unpaired) electrons. The monoisotopic (exact) mass is 402 g/mol. The maximum absolute atomic E-state index is 13.1. The molecule has 0 aliphatic carbocycles. The van der Waals surface area contributed by atoms with Gasteiger partial charge in [-0.25, -0.2) is 0 Å². The van der Waals surface area contributed by atoms with Crippen LogP contribution in [0, 0.1) is 0 Å².